The Morgan fingerprint density at radius 3 is 2.62 bits per heavy atom. The smallest absolute Gasteiger partial charge is 0.348 e. The van der Waals surface area contributed by atoms with Gasteiger partial charge in [0.1, 0.15) is 6.21 Å². The van der Waals surface area contributed by atoms with Crippen molar-refractivity contribution < 1.29 is 9.53 Å². The minimum atomic E-state index is -0.367. The van der Waals surface area contributed by atoms with Crippen LogP contribution in [0.1, 0.15) is 39.0 Å². The molecule has 3 nitrogen and oxygen atoms in total. The highest BCUT2D eigenvalue weighted by molar-refractivity contribution is 6.23. The van der Waals surface area contributed by atoms with Gasteiger partial charge in [-0.2, -0.15) is 0 Å². The molecule has 0 saturated heterocycles. The van der Waals surface area contributed by atoms with Crippen LogP contribution >= 0.6 is 0 Å². The second-order valence-corrected chi connectivity index (χ2v) is 2.97. The van der Waals surface area contributed by atoms with Crippen LogP contribution in [0.2, 0.25) is 0 Å². The van der Waals surface area contributed by atoms with E-state index in [1.807, 2.05) is 0 Å². The summed E-state index contributed by atoms with van der Waals surface area (Å²) in [5, 5.41) is 0. The van der Waals surface area contributed by atoms with Crippen molar-refractivity contribution in [2.24, 2.45) is 4.99 Å². The lowest BCUT2D eigenvalue weighted by Gasteiger charge is -1.95. The molecule has 0 aliphatic rings. The summed E-state index contributed by atoms with van der Waals surface area (Å²) in [6.07, 6.45) is 7.33. The average Bonchev–Trinajstić information content (AvgIpc) is 2.16. The molecule has 0 aliphatic carbocycles. The summed E-state index contributed by atoms with van der Waals surface area (Å²) in [6.45, 7) is 2.92. The van der Waals surface area contributed by atoms with E-state index in [0.717, 1.165) is 13.0 Å². The standard InChI is InChI=1S/C10H19NO2/c1-3-4-5-6-7-8-11-9-10(12)13-2/h9H,3-8H2,1-2H3. The maximum Gasteiger partial charge on any atom is 0.348 e. The van der Waals surface area contributed by atoms with E-state index in [1.54, 1.807) is 0 Å². The van der Waals surface area contributed by atoms with E-state index in [4.69, 9.17) is 0 Å². The molecular weight excluding hydrogens is 166 g/mol. The predicted octanol–water partition coefficient (Wildman–Crippen LogP) is 2.20. The van der Waals surface area contributed by atoms with Gasteiger partial charge in [0.2, 0.25) is 0 Å². The first-order valence-corrected chi connectivity index (χ1v) is 4.89. The fourth-order valence-electron chi connectivity index (χ4n) is 0.998. The summed E-state index contributed by atoms with van der Waals surface area (Å²) in [5.74, 6) is -0.367. The number of methoxy groups -OCH3 is 1. The Bertz CT molecular complexity index is 155. The van der Waals surface area contributed by atoms with Gasteiger partial charge in [0.25, 0.3) is 0 Å². The van der Waals surface area contributed by atoms with E-state index in [9.17, 15) is 4.79 Å². The average molecular weight is 185 g/mol. The van der Waals surface area contributed by atoms with Crippen LogP contribution in [0, 0.1) is 0 Å². The van der Waals surface area contributed by atoms with Crippen molar-refractivity contribution in [3.63, 3.8) is 0 Å². The van der Waals surface area contributed by atoms with Crippen molar-refractivity contribution in [3.8, 4) is 0 Å². The van der Waals surface area contributed by atoms with Crippen molar-refractivity contribution in [2.45, 2.75) is 39.0 Å². The number of ether oxygens (including phenoxy) is 1. The van der Waals surface area contributed by atoms with Crippen LogP contribution in [-0.2, 0) is 9.53 Å². The molecule has 13 heavy (non-hydrogen) atoms. The molecule has 0 amide bonds. The zero-order chi connectivity index (χ0) is 9.94. The number of esters is 1. The van der Waals surface area contributed by atoms with Crippen molar-refractivity contribution >= 4 is 12.2 Å². The normalized spacial score (nSPS) is 10.6. The summed E-state index contributed by atoms with van der Waals surface area (Å²) in [4.78, 5) is 14.5. The van der Waals surface area contributed by atoms with Crippen LogP contribution in [0.25, 0.3) is 0 Å². The van der Waals surface area contributed by atoms with E-state index in [1.165, 1.54) is 39.0 Å². The molecule has 76 valence electrons. The van der Waals surface area contributed by atoms with Crippen LogP contribution in [0.15, 0.2) is 4.99 Å². The Hall–Kier alpha value is -0.860. The maximum absolute atomic E-state index is 10.6. The zero-order valence-electron chi connectivity index (χ0n) is 8.58. The first-order chi connectivity index (χ1) is 6.31. The molecule has 0 bridgehead atoms. The highest BCUT2D eigenvalue weighted by Gasteiger charge is 1.91. The molecule has 0 radical (unpaired) electrons. The molecule has 0 aromatic carbocycles. The van der Waals surface area contributed by atoms with Crippen LogP contribution in [0.5, 0.6) is 0 Å². The molecule has 0 spiro atoms. The molecule has 3 heteroatoms. The predicted molar refractivity (Wildman–Crippen MR) is 54.1 cm³/mol. The largest absolute Gasteiger partial charge is 0.465 e. The lowest BCUT2D eigenvalue weighted by atomic mass is 10.2. The molecule has 0 atom stereocenters. The van der Waals surface area contributed by atoms with Crippen molar-refractivity contribution in [1.82, 2.24) is 0 Å². The van der Waals surface area contributed by atoms with E-state index in [0.29, 0.717) is 0 Å². The van der Waals surface area contributed by atoms with Gasteiger partial charge in [-0.3, -0.25) is 4.99 Å². The molecule has 0 saturated carbocycles. The zero-order valence-corrected chi connectivity index (χ0v) is 8.58. The van der Waals surface area contributed by atoms with Crippen molar-refractivity contribution in [3.05, 3.63) is 0 Å². The summed E-state index contributed by atoms with van der Waals surface area (Å²) < 4.78 is 4.41. The van der Waals surface area contributed by atoms with Gasteiger partial charge < -0.3 is 4.74 Å². The Morgan fingerprint density at radius 1 is 1.31 bits per heavy atom. The summed E-state index contributed by atoms with van der Waals surface area (Å²) in [7, 11) is 1.36. The minimum absolute atomic E-state index is 0.367. The highest BCUT2D eigenvalue weighted by Crippen LogP contribution is 2.01. The van der Waals surface area contributed by atoms with E-state index >= 15 is 0 Å². The van der Waals surface area contributed by atoms with E-state index in [2.05, 4.69) is 16.7 Å². The summed E-state index contributed by atoms with van der Waals surface area (Å²) in [5.41, 5.74) is 0. The second kappa shape index (κ2) is 9.23. The van der Waals surface area contributed by atoms with Crippen LogP contribution in [0.4, 0.5) is 0 Å². The first-order valence-electron chi connectivity index (χ1n) is 4.89. The monoisotopic (exact) mass is 185 g/mol. The third-order valence-electron chi connectivity index (χ3n) is 1.79. The third-order valence-corrected chi connectivity index (χ3v) is 1.79. The van der Waals surface area contributed by atoms with Crippen LogP contribution in [0.3, 0.4) is 0 Å². The number of nitrogens with zero attached hydrogens (tertiary/aromatic N) is 1. The van der Waals surface area contributed by atoms with Crippen LogP contribution < -0.4 is 0 Å². The Labute approximate surface area is 80.2 Å². The number of aliphatic imine (C=N–C) groups is 1. The van der Waals surface area contributed by atoms with Gasteiger partial charge in [-0.05, 0) is 6.42 Å². The van der Waals surface area contributed by atoms with Crippen molar-refractivity contribution in [2.75, 3.05) is 13.7 Å². The van der Waals surface area contributed by atoms with Crippen molar-refractivity contribution in [1.29, 1.82) is 0 Å². The summed E-state index contributed by atoms with van der Waals surface area (Å²) >= 11 is 0. The number of carbonyl (C=O) groups excluding carboxylic acids is 1. The van der Waals surface area contributed by atoms with Gasteiger partial charge in [-0.1, -0.05) is 32.6 Å². The molecule has 0 fully saturated rings. The number of unbranched alkanes of at least 4 members (excludes halogenated alkanes) is 4. The molecule has 0 heterocycles. The molecule has 0 aliphatic heterocycles. The van der Waals surface area contributed by atoms with Gasteiger partial charge in [-0.25, -0.2) is 4.79 Å². The molecule has 0 aromatic rings. The topological polar surface area (TPSA) is 38.7 Å². The Morgan fingerprint density at radius 2 is 2.00 bits per heavy atom. The number of rotatable bonds is 7. The number of carbonyl (C=O) groups is 1. The second-order valence-electron chi connectivity index (χ2n) is 2.97. The fourth-order valence-corrected chi connectivity index (χ4v) is 0.998. The van der Waals surface area contributed by atoms with E-state index in [-0.39, 0.29) is 5.97 Å². The Kier molecular flexibility index (Phi) is 8.62. The van der Waals surface area contributed by atoms with Crippen LogP contribution in [-0.4, -0.2) is 25.8 Å². The number of hydrogen-bond donors (Lipinski definition) is 0. The van der Waals surface area contributed by atoms with Gasteiger partial charge >= 0.3 is 5.97 Å². The molecule has 0 rings (SSSR count). The SMILES string of the molecule is CCCCCCCN=CC(=O)OC. The summed E-state index contributed by atoms with van der Waals surface area (Å²) in [6, 6.07) is 0. The minimum Gasteiger partial charge on any atom is -0.465 e. The lowest BCUT2D eigenvalue weighted by molar-refractivity contribution is -0.132. The van der Waals surface area contributed by atoms with E-state index < -0.39 is 0 Å². The molecular formula is C10H19NO2. The molecule has 0 N–H and O–H groups in total. The van der Waals surface area contributed by atoms with Gasteiger partial charge in [-0.15, -0.1) is 0 Å². The fraction of sp³-hybridized carbons (Fsp3) is 0.800. The first kappa shape index (κ1) is 12.1. The van der Waals surface area contributed by atoms with Gasteiger partial charge in [0.05, 0.1) is 7.11 Å². The quantitative estimate of drug-likeness (QED) is 0.346. The third kappa shape index (κ3) is 9.05. The molecule has 0 aromatic heterocycles. The molecule has 0 unspecified atom stereocenters. The van der Waals surface area contributed by atoms with Gasteiger partial charge in [0.15, 0.2) is 0 Å². The Balaban J connectivity index is 3.15. The highest BCUT2D eigenvalue weighted by atomic mass is 16.5. The lowest BCUT2D eigenvalue weighted by Crippen LogP contribution is -2.01. The number of hydrogen-bond acceptors (Lipinski definition) is 3. The van der Waals surface area contributed by atoms with Gasteiger partial charge in [0, 0.05) is 6.54 Å². The maximum atomic E-state index is 10.6.